The molecule has 2 heterocycles. The Bertz CT molecular complexity index is 806. The minimum Gasteiger partial charge on any atom is -0.504 e. The zero-order valence-electron chi connectivity index (χ0n) is 14.4. The number of aromatic hydroxyl groups is 2. The quantitative estimate of drug-likeness (QED) is 0.698. The molecule has 2 aliphatic carbocycles. The Kier molecular flexibility index (Phi) is 3.79. The Morgan fingerprint density at radius 3 is 2.64 bits per heavy atom. The van der Waals surface area contributed by atoms with E-state index in [2.05, 4.69) is 11.4 Å². The van der Waals surface area contributed by atoms with Gasteiger partial charge in [0.2, 0.25) is 0 Å². The van der Waals surface area contributed by atoms with Gasteiger partial charge in [-0.2, -0.15) is 0 Å². The molecule has 0 saturated heterocycles. The summed E-state index contributed by atoms with van der Waals surface area (Å²) in [6.45, 7) is 0.969. The molecular weight excluding hydrogens is 330 g/mol. The molecule has 0 amide bonds. The summed E-state index contributed by atoms with van der Waals surface area (Å²) in [6.07, 6.45) is 8.88. The van der Waals surface area contributed by atoms with E-state index < -0.39 is 0 Å². The van der Waals surface area contributed by atoms with Crippen LogP contribution in [0.5, 0.6) is 11.5 Å². The van der Waals surface area contributed by atoms with Gasteiger partial charge in [0, 0.05) is 28.3 Å². The lowest BCUT2D eigenvalue weighted by Gasteiger charge is -2.38. The van der Waals surface area contributed by atoms with Crippen molar-refractivity contribution in [3.8, 4) is 11.5 Å². The minimum atomic E-state index is 0.00857. The third-order valence-corrected chi connectivity index (χ3v) is 7.68. The average molecular weight is 356 g/mol. The molecule has 3 N–H and O–H groups in total. The number of benzene rings is 1. The summed E-state index contributed by atoms with van der Waals surface area (Å²) in [4.78, 5) is 3.03. The van der Waals surface area contributed by atoms with Crippen molar-refractivity contribution < 1.29 is 10.2 Å². The molecule has 0 spiro atoms. The molecule has 2 aromatic rings. The van der Waals surface area contributed by atoms with E-state index in [0.29, 0.717) is 12.0 Å². The zero-order chi connectivity index (χ0) is 17.0. The van der Waals surface area contributed by atoms with Gasteiger partial charge in [-0.05, 0) is 60.1 Å². The molecule has 2 atom stereocenters. The van der Waals surface area contributed by atoms with E-state index >= 15 is 0 Å². The summed E-state index contributed by atoms with van der Waals surface area (Å²) in [7, 11) is 0. The van der Waals surface area contributed by atoms with Crippen LogP contribution in [0.4, 0.5) is 0 Å². The summed E-state index contributed by atoms with van der Waals surface area (Å²) < 4.78 is 0. The van der Waals surface area contributed by atoms with Gasteiger partial charge in [0.15, 0.2) is 11.5 Å². The second-order valence-electron chi connectivity index (χ2n) is 8.00. The van der Waals surface area contributed by atoms with Crippen LogP contribution in [0.25, 0.3) is 0 Å². The Morgan fingerprint density at radius 1 is 1.00 bits per heavy atom. The molecule has 0 bridgehead atoms. The molecule has 1 aliphatic heterocycles. The van der Waals surface area contributed by atoms with Crippen LogP contribution < -0.4 is 5.32 Å². The maximum atomic E-state index is 10.0. The van der Waals surface area contributed by atoms with Crippen LogP contribution >= 0.6 is 11.3 Å². The molecule has 1 saturated carbocycles. The highest BCUT2D eigenvalue weighted by molar-refractivity contribution is 7.12. The number of phenolic OH excluding ortho intramolecular Hbond substituents is 2. The first-order valence-corrected chi connectivity index (χ1v) is 10.4. The highest BCUT2D eigenvalue weighted by atomic mass is 32.1. The summed E-state index contributed by atoms with van der Waals surface area (Å²) in [5.74, 6) is 1.22. The van der Waals surface area contributed by atoms with Crippen LogP contribution in [0.15, 0.2) is 18.2 Å². The molecule has 4 heteroatoms. The van der Waals surface area contributed by atoms with Gasteiger partial charge in [0.25, 0.3) is 0 Å². The number of phenols is 2. The fraction of sp³-hybridized carbons (Fsp3) is 0.524. The van der Waals surface area contributed by atoms with Gasteiger partial charge in [-0.15, -0.1) is 11.3 Å². The van der Waals surface area contributed by atoms with Crippen molar-refractivity contribution >= 4 is 11.3 Å². The maximum Gasteiger partial charge on any atom is 0.157 e. The van der Waals surface area contributed by atoms with Gasteiger partial charge >= 0.3 is 0 Å². The van der Waals surface area contributed by atoms with Crippen LogP contribution in [0.3, 0.4) is 0 Å². The van der Waals surface area contributed by atoms with Crippen molar-refractivity contribution in [2.24, 2.45) is 5.92 Å². The van der Waals surface area contributed by atoms with Gasteiger partial charge in [-0.3, -0.25) is 0 Å². The van der Waals surface area contributed by atoms with Crippen molar-refractivity contribution in [3.05, 3.63) is 44.6 Å². The van der Waals surface area contributed by atoms with E-state index in [0.717, 1.165) is 25.3 Å². The Morgan fingerprint density at radius 2 is 1.80 bits per heavy atom. The number of hydrogen-bond donors (Lipinski definition) is 3. The monoisotopic (exact) mass is 355 g/mol. The number of hydrogen-bond acceptors (Lipinski definition) is 4. The Hall–Kier alpha value is -1.52. The molecule has 132 valence electrons. The lowest BCUT2D eigenvalue weighted by Crippen LogP contribution is -2.41. The molecule has 3 nitrogen and oxygen atoms in total. The highest BCUT2D eigenvalue weighted by Gasteiger charge is 2.37. The molecular formula is C21H25NO2S. The van der Waals surface area contributed by atoms with Gasteiger partial charge in [0.1, 0.15) is 0 Å². The third-order valence-electron chi connectivity index (χ3n) is 6.39. The van der Waals surface area contributed by atoms with Crippen LogP contribution in [0, 0.1) is 5.92 Å². The van der Waals surface area contributed by atoms with Gasteiger partial charge in [0.05, 0.1) is 0 Å². The molecule has 5 rings (SSSR count). The smallest absolute Gasteiger partial charge is 0.157 e. The molecule has 0 radical (unpaired) electrons. The number of nitrogens with one attached hydrogen (secondary N) is 1. The van der Waals surface area contributed by atoms with Crippen LogP contribution in [0.2, 0.25) is 0 Å². The van der Waals surface area contributed by atoms with E-state index in [1.807, 2.05) is 11.3 Å². The molecule has 1 fully saturated rings. The first-order chi connectivity index (χ1) is 12.2. The number of thiophene rings is 1. The van der Waals surface area contributed by atoms with Crippen molar-refractivity contribution in [3.63, 3.8) is 0 Å². The predicted octanol–water partition coefficient (Wildman–Crippen LogP) is 4.44. The van der Waals surface area contributed by atoms with Crippen molar-refractivity contribution in [2.45, 2.75) is 63.5 Å². The van der Waals surface area contributed by atoms with Crippen molar-refractivity contribution in [2.75, 3.05) is 0 Å². The van der Waals surface area contributed by atoms with Gasteiger partial charge in [-0.25, -0.2) is 0 Å². The second-order valence-corrected chi connectivity index (χ2v) is 9.17. The minimum absolute atomic E-state index is 0.00857. The zero-order valence-corrected chi connectivity index (χ0v) is 15.2. The molecule has 25 heavy (non-hydrogen) atoms. The van der Waals surface area contributed by atoms with E-state index in [1.54, 1.807) is 12.1 Å². The summed E-state index contributed by atoms with van der Waals surface area (Å²) in [5.41, 5.74) is 3.84. The lowest BCUT2D eigenvalue weighted by atomic mass is 9.75. The second kappa shape index (κ2) is 6.03. The lowest BCUT2D eigenvalue weighted by molar-refractivity contribution is 0.383. The summed E-state index contributed by atoms with van der Waals surface area (Å²) >= 11 is 2.00. The van der Waals surface area contributed by atoms with Crippen molar-refractivity contribution in [1.29, 1.82) is 0 Å². The van der Waals surface area contributed by atoms with Crippen LogP contribution in [-0.2, 0) is 19.4 Å². The topological polar surface area (TPSA) is 52.5 Å². The molecule has 0 unspecified atom stereocenters. The first-order valence-electron chi connectivity index (χ1n) is 9.58. The van der Waals surface area contributed by atoms with Gasteiger partial charge < -0.3 is 15.5 Å². The van der Waals surface area contributed by atoms with E-state index in [1.165, 1.54) is 58.5 Å². The molecule has 3 aliphatic rings. The SMILES string of the molecule is Oc1cc2c(cc1O)[C@H]1c3sc(CC4CCCC4)cc3CN[C@@H]1CC2. The van der Waals surface area contributed by atoms with Crippen LogP contribution in [0.1, 0.15) is 64.5 Å². The number of aryl methyl sites for hydroxylation is 1. The molecule has 1 aromatic heterocycles. The maximum absolute atomic E-state index is 10.0. The number of fused-ring (bicyclic) bond motifs is 5. The fourth-order valence-corrected chi connectivity index (χ4v) is 6.61. The van der Waals surface area contributed by atoms with Crippen molar-refractivity contribution in [1.82, 2.24) is 5.32 Å². The summed E-state index contributed by atoms with van der Waals surface area (Å²) in [5, 5.41) is 23.6. The fourth-order valence-electron chi connectivity index (χ4n) is 5.12. The predicted molar refractivity (Wildman–Crippen MR) is 101 cm³/mol. The largest absolute Gasteiger partial charge is 0.504 e. The number of rotatable bonds is 2. The van der Waals surface area contributed by atoms with E-state index in [4.69, 9.17) is 0 Å². The van der Waals surface area contributed by atoms with E-state index in [-0.39, 0.29) is 11.5 Å². The van der Waals surface area contributed by atoms with E-state index in [9.17, 15) is 10.2 Å². The summed E-state index contributed by atoms with van der Waals surface area (Å²) in [6, 6.07) is 6.44. The first kappa shape index (κ1) is 15.7. The Balaban J connectivity index is 1.53. The highest BCUT2D eigenvalue weighted by Crippen LogP contribution is 2.47. The third kappa shape index (κ3) is 2.67. The molecule has 1 aromatic carbocycles. The normalized spacial score (nSPS) is 25.4. The Labute approximate surface area is 152 Å². The average Bonchev–Trinajstić information content (AvgIpc) is 3.25. The van der Waals surface area contributed by atoms with Gasteiger partial charge in [-0.1, -0.05) is 25.7 Å². The van der Waals surface area contributed by atoms with Crippen LogP contribution in [-0.4, -0.2) is 16.3 Å². The standard InChI is InChI=1S/C21H25NO2S/c23-18-9-13-5-6-17-20(16(13)10-19(18)24)21-14(11-22-17)8-15(25-21)7-12-3-1-2-4-12/h8-10,12,17,20,22-24H,1-7,11H2/t17-,20-/m1/s1.